The minimum atomic E-state index is -0.482. The van der Waals surface area contributed by atoms with Crippen LogP contribution < -0.4 is 10.2 Å². The molecule has 0 aliphatic rings. The number of hydrogen-bond donors (Lipinski definition) is 1. The second-order valence-electron chi connectivity index (χ2n) is 9.75. The van der Waals surface area contributed by atoms with Gasteiger partial charge in [-0.15, -0.1) is 0 Å². The average Bonchev–Trinajstić information content (AvgIpc) is 2.82. The Morgan fingerprint density at radius 1 is 1.09 bits per heavy atom. The van der Waals surface area contributed by atoms with E-state index in [-0.39, 0.29) is 28.8 Å². The number of carbonyl (C=O) groups excluding carboxylic acids is 1. The molecule has 0 aliphatic carbocycles. The Bertz CT molecular complexity index is 1030. The fourth-order valence-electron chi connectivity index (χ4n) is 3.41. The van der Waals surface area contributed by atoms with Crippen LogP contribution in [0, 0.1) is 10.1 Å². The summed E-state index contributed by atoms with van der Waals surface area (Å²) in [5.74, 6) is 0.588. The molecule has 34 heavy (non-hydrogen) atoms. The summed E-state index contributed by atoms with van der Waals surface area (Å²) < 4.78 is 6.10. The van der Waals surface area contributed by atoms with Crippen molar-refractivity contribution in [1.82, 2.24) is 5.43 Å². The van der Waals surface area contributed by atoms with Crippen molar-refractivity contribution in [3.63, 3.8) is 0 Å². The van der Waals surface area contributed by atoms with Gasteiger partial charge in [-0.1, -0.05) is 65.8 Å². The summed E-state index contributed by atoms with van der Waals surface area (Å²) in [6, 6.07) is 12.7. The van der Waals surface area contributed by atoms with Gasteiger partial charge in [-0.2, -0.15) is 5.10 Å². The van der Waals surface area contributed by atoms with E-state index in [1.165, 1.54) is 23.4 Å². The molecule has 184 valence electrons. The SMILES string of the molecule is CCC(C)(C)c1ccc(OCCCC(=O)NN=Cc2ccccc2[N+](=O)[O-])c(C(C)(C)CC)c1. The number of nitrogens with one attached hydrogen (secondary N) is 1. The number of nitro groups is 1. The summed E-state index contributed by atoms with van der Waals surface area (Å²) in [6.45, 7) is 13.7. The highest BCUT2D eigenvalue weighted by atomic mass is 16.6. The molecule has 1 N–H and O–H groups in total. The van der Waals surface area contributed by atoms with E-state index in [1.54, 1.807) is 18.2 Å². The molecular formula is C27H37N3O4. The van der Waals surface area contributed by atoms with Gasteiger partial charge >= 0.3 is 0 Å². The van der Waals surface area contributed by atoms with Gasteiger partial charge in [0, 0.05) is 18.1 Å². The number of para-hydroxylation sites is 1. The molecule has 0 unspecified atom stereocenters. The van der Waals surface area contributed by atoms with Gasteiger partial charge in [0.2, 0.25) is 5.91 Å². The summed E-state index contributed by atoms with van der Waals surface area (Å²) in [4.78, 5) is 22.7. The molecule has 0 saturated heterocycles. The van der Waals surface area contributed by atoms with Crippen molar-refractivity contribution < 1.29 is 14.5 Å². The van der Waals surface area contributed by atoms with Crippen molar-refractivity contribution in [3.8, 4) is 5.75 Å². The summed E-state index contributed by atoms with van der Waals surface area (Å²) in [5.41, 5.74) is 5.25. The highest BCUT2D eigenvalue weighted by Gasteiger charge is 2.26. The molecule has 2 aromatic rings. The molecule has 7 nitrogen and oxygen atoms in total. The van der Waals surface area contributed by atoms with Crippen LogP contribution in [0.3, 0.4) is 0 Å². The van der Waals surface area contributed by atoms with E-state index in [2.05, 4.69) is 70.3 Å². The maximum atomic E-state index is 12.1. The summed E-state index contributed by atoms with van der Waals surface area (Å²) in [5, 5.41) is 14.9. The fraction of sp³-hybridized carbons (Fsp3) is 0.481. The second-order valence-corrected chi connectivity index (χ2v) is 9.75. The molecule has 0 aliphatic heterocycles. The molecule has 2 rings (SSSR count). The van der Waals surface area contributed by atoms with Crippen molar-refractivity contribution >= 4 is 17.8 Å². The lowest BCUT2D eigenvalue weighted by Gasteiger charge is -2.30. The second kappa shape index (κ2) is 11.8. The van der Waals surface area contributed by atoms with Crippen molar-refractivity contribution in [3.05, 3.63) is 69.3 Å². The minimum absolute atomic E-state index is 0.0265. The molecule has 0 spiro atoms. The first-order valence-electron chi connectivity index (χ1n) is 11.8. The highest BCUT2D eigenvalue weighted by Crippen LogP contribution is 2.38. The fourth-order valence-corrected chi connectivity index (χ4v) is 3.41. The number of rotatable bonds is 12. The molecule has 1 amide bonds. The Balaban J connectivity index is 1.95. The zero-order chi connectivity index (χ0) is 25.4. The zero-order valence-corrected chi connectivity index (χ0v) is 21.2. The average molecular weight is 468 g/mol. The Kier molecular flexibility index (Phi) is 9.36. The molecular weight excluding hydrogens is 430 g/mol. The van der Waals surface area contributed by atoms with E-state index in [0.717, 1.165) is 18.6 Å². The van der Waals surface area contributed by atoms with Gasteiger partial charge in [0.1, 0.15) is 5.75 Å². The summed E-state index contributed by atoms with van der Waals surface area (Å²) >= 11 is 0. The molecule has 0 heterocycles. The van der Waals surface area contributed by atoms with Crippen LogP contribution in [0.25, 0.3) is 0 Å². The Labute approximate surface area is 202 Å². The number of hydrazone groups is 1. The lowest BCUT2D eigenvalue weighted by atomic mass is 9.76. The van der Waals surface area contributed by atoms with Gasteiger partial charge in [0.15, 0.2) is 0 Å². The van der Waals surface area contributed by atoms with E-state index >= 15 is 0 Å². The molecule has 0 bridgehead atoms. The van der Waals surface area contributed by atoms with Crippen LogP contribution in [0.5, 0.6) is 5.75 Å². The maximum Gasteiger partial charge on any atom is 0.278 e. The molecule has 0 atom stereocenters. The van der Waals surface area contributed by atoms with Crippen LogP contribution in [0.15, 0.2) is 47.6 Å². The molecule has 2 aromatic carbocycles. The van der Waals surface area contributed by atoms with Gasteiger partial charge < -0.3 is 4.74 Å². The van der Waals surface area contributed by atoms with E-state index in [0.29, 0.717) is 18.6 Å². The Hall–Kier alpha value is -3.22. The predicted molar refractivity (Wildman–Crippen MR) is 137 cm³/mol. The van der Waals surface area contributed by atoms with E-state index in [4.69, 9.17) is 4.74 Å². The van der Waals surface area contributed by atoms with Crippen LogP contribution in [0.1, 0.15) is 83.9 Å². The number of hydrogen-bond acceptors (Lipinski definition) is 5. The standard InChI is InChI=1S/C27H37N3O4/c1-7-26(3,4)21-15-16-24(22(18-21)27(5,6)8-2)34-17-11-14-25(31)29-28-19-20-12-9-10-13-23(20)30(32)33/h9-10,12-13,15-16,18-19H,7-8,11,14,17H2,1-6H3,(H,29,31). The highest BCUT2D eigenvalue weighted by molar-refractivity contribution is 5.86. The number of amides is 1. The molecule has 0 aromatic heterocycles. The topological polar surface area (TPSA) is 93.8 Å². The summed E-state index contributed by atoms with van der Waals surface area (Å²) in [6.07, 6.45) is 4.08. The van der Waals surface area contributed by atoms with Gasteiger partial charge in [-0.05, 0) is 47.8 Å². The third-order valence-corrected chi connectivity index (χ3v) is 6.59. The summed E-state index contributed by atoms with van der Waals surface area (Å²) in [7, 11) is 0. The lowest BCUT2D eigenvalue weighted by molar-refractivity contribution is -0.385. The lowest BCUT2D eigenvalue weighted by Crippen LogP contribution is -2.21. The van der Waals surface area contributed by atoms with Gasteiger partial charge in [0.25, 0.3) is 5.69 Å². The van der Waals surface area contributed by atoms with Crippen LogP contribution in [0.2, 0.25) is 0 Å². The van der Waals surface area contributed by atoms with Crippen LogP contribution in [-0.2, 0) is 15.6 Å². The minimum Gasteiger partial charge on any atom is -0.493 e. The van der Waals surface area contributed by atoms with Gasteiger partial charge in [-0.3, -0.25) is 14.9 Å². The normalized spacial score (nSPS) is 12.1. The van der Waals surface area contributed by atoms with E-state index < -0.39 is 4.92 Å². The molecule has 0 fully saturated rings. The van der Waals surface area contributed by atoms with Crippen LogP contribution >= 0.6 is 0 Å². The first-order chi connectivity index (χ1) is 16.0. The van der Waals surface area contributed by atoms with E-state index in [1.807, 2.05) is 0 Å². The van der Waals surface area contributed by atoms with Crippen LogP contribution in [-0.4, -0.2) is 23.7 Å². The van der Waals surface area contributed by atoms with Crippen molar-refractivity contribution in [2.45, 2.75) is 78.1 Å². The smallest absolute Gasteiger partial charge is 0.278 e. The Morgan fingerprint density at radius 3 is 2.41 bits per heavy atom. The first kappa shape index (κ1) is 27.0. The van der Waals surface area contributed by atoms with Crippen LogP contribution in [0.4, 0.5) is 5.69 Å². The molecule has 0 radical (unpaired) electrons. The molecule has 7 heteroatoms. The maximum absolute atomic E-state index is 12.1. The van der Waals surface area contributed by atoms with Crippen molar-refractivity contribution in [2.24, 2.45) is 5.10 Å². The Morgan fingerprint density at radius 2 is 1.76 bits per heavy atom. The quantitative estimate of drug-likeness (QED) is 0.172. The predicted octanol–water partition coefficient (Wildman–Crippen LogP) is 6.28. The number of ether oxygens (including phenoxy) is 1. The van der Waals surface area contributed by atoms with Gasteiger partial charge in [-0.25, -0.2) is 5.43 Å². The first-order valence-corrected chi connectivity index (χ1v) is 11.8. The number of nitrogens with zero attached hydrogens (tertiary/aromatic N) is 2. The van der Waals surface area contributed by atoms with Gasteiger partial charge in [0.05, 0.1) is 23.3 Å². The van der Waals surface area contributed by atoms with Crippen molar-refractivity contribution in [1.29, 1.82) is 0 Å². The monoisotopic (exact) mass is 467 g/mol. The number of carbonyl (C=O) groups is 1. The van der Waals surface area contributed by atoms with E-state index in [9.17, 15) is 14.9 Å². The third kappa shape index (κ3) is 7.14. The van der Waals surface area contributed by atoms with Crippen molar-refractivity contribution in [2.75, 3.05) is 6.61 Å². The number of nitro benzene ring substituents is 1. The largest absolute Gasteiger partial charge is 0.493 e. The zero-order valence-electron chi connectivity index (χ0n) is 21.2. The number of benzene rings is 2. The third-order valence-electron chi connectivity index (χ3n) is 6.59. The molecule has 0 saturated carbocycles.